The quantitative estimate of drug-likeness (QED) is 0.601. The highest BCUT2D eigenvalue weighted by atomic mass is 31.0. The molecule has 0 spiro atoms. The highest BCUT2D eigenvalue weighted by Gasteiger charge is 2.26. The molecule has 96 valence electrons. The minimum atomic E-state index is -0.233. The summed E-state index contributed by atoms with van der Waals surface area (Å²) in [5.41, 5.74) is 2.40. The van der Waals surface area contributed by atoms with Crippen LogP contribution in [0.1, 0.15) is 31.9 Å². The summed E-state index contributed by atoms with van der Waals surface area (Å²) in [6.07, 6.45) is 0.733. The second-order valence-electron chi connectivity index (χ2n) is 5.36. The fourth-order valence-corrected chi connectivity index (χ4v) is 1.92. The highest BCUT2D eigenvalue weighted by molar-refractivity contribution is 7.15. The standard InChI is InChI=1S/C14H23O2P/c1-10-8-11(9-17)6-7-12(10)16-13(15-5)14(2,3)4/h6-8,13H,9,17H2,1-5H3. The van der Waals surface area contributed by atoms with Gasteiger partial charge in [0.05, 0.1) is 0 Å². The van der Waals surface area contributed by atoms with Crippen molar-refractivity contribution in [3.05, 3.63) is 29.3 Å². The van der Waals surface area contributed by atoms with E-state index >= 15 is 0 Å². The maximum atomic E-state index is 5.93. The van der Waals surface area contributed by atoms with Crippen LogP contribution in [0.5, 0.6) is 5.75 Å². The van der Waals surface area contributed by atoms with Gasteiger partial charge in [0.15, 0.2) is 0 Å². The van der Waals surface area contributed by atoms with Crippen LogP contribution in [0.4, 0.5) is 0 Å². The van der Waals surface area contributed by atoms with Gasteiger partial charge in [-0.3, -0.25) is 0 Å². The largest absolute Gasteiger partial charge is 0.464 e. The Labute approximate surface area is 107 Å². The van der Waals surface area contributed by atoms with Gasteiger partial charge in [0.1, 0.15) is 5.75 Å². The Morgan fingerprint density at radius 2 is 1.94 bits per heavy atom. The maximum Gasteiger partial charge on any atom is 0.204 e. The molecule has 3 heteroatoms. The molecule has 0 aliphatic carbocycles. The number of rotatable bonds is 4. The smallest absolute Gasteiger partial charge is 0.204 e. The summed E-state index contributed by atoms with van der Waals surface area (Å²) in [4.78, 5) is 0. The lowest BCUT2D eigenvalue weighted by Gasteiger charge is -2.30. The molecule has 2 atom stereocenters. The molecule has 0 aliphatic rings. The van der Waals surface area contributed by atoms with Gasteiger partial charge in [-0.15, -0.1) is 9.24 Å². The molecular formula is C14H23O2P. The van der Waals surface area contributed by atoms with Gasteiger partial charge in [-0.2, -0.15) is 0 Å². The topological polar surface area (TPSA) is 18.5 Å². The summed E-state index contributed by atoms with van der Waals surface area (Å²) < 4.78 is 11.3. The Bertz CT molecular complexity index is 369. The van der Waals surface area contributed by atoms with E-state index in [1.807, 2.05) is 6.07 Å². The predicted octanol–water partition coefficient (Wildman–Crippen LogP) is 3.77. The average Bonchev–Trinajstić information content (AvgIpc) is 2.25. The van der Waals surface area contributed by atoms with Gasteiger partial charge in [0.25, 0.3) is 0 Å². The Balaban J connectivity index is 2.87. The minimum Gasteiger partial charge on any atom is -0.464 e. The molecule has 0 N–H and O–H groups in total. The van der Waals surface area contributed by atoms with Gasteiger partial charge in [-0.05, 0) is 30.3 Å². The van der Waals surface area contributed by atoms with Crippen LogP contribution in [0, 0.1) is 12.3 Å². The van der Waals surface area contributed by atoms with Crippen LogP contribution in [0.25, 0.3) is 0 Å². The molecule has 17 heavy (non-hydrogen) atoms. The molecule has 1 aromatic carbocycles. The van der Waals surface area contributed by atoms with E-state index in [4.69, 9.17) is 9.47 Å². The Morgan fingerprint density at radius 1 is 1.29 bits per heavy atom. The molecular weight excluding hydrogens is 231 g/mol. The number of aryl methyl sites for hydroxylation is 1. The lowest BCUT2D eigenvalue weighted by Crippen LogP contribution is -2.33. The second kappa shape index (κ2) is 5.84. The van der Waals surface area contributed by atoms with Gasteiger partial charge < -0.3 is 9.47 Å². The monoisotopic (exact) mass is 254 g/mol. The van der Waals surface area contributed by atoms with E-state index in [2.05, 4.69) is 49.1 Å². The van der Waals surface area contributed by atoms with Crippen molar-refractivity contribution in [2.24, 2.45) is 5.41 Å². The molecule has 2 nitrogen and oxygen atoms in total. The SMILES string of the molecule is COC(Oc1ccc(CP)cc1C)C(C)(C)C. The molecule has 0 amide bonds. The summed E-state index contributed by atoms with van der Waals surface area (Å²) in [5.74, 6) is 0.897. The first kappa shape index (κ1) is 14.5. The zero-order chi connectivity index (χ0) is 13.1. The lowest BCUT2D eigenvalue weighted by atomic mass is 9.96. The fourth-order valence-electron chi connectivity index (χ4n) is 1.66. The third-order valence-electron chi connectivity index (χ3n) is 2.63. The van der Waals surface area contributed by atoms with Crippen molar-refractivity contribution >= 4 is 9.24 Å². The molecule has 0 fully saturated rings. The van der Waals surface area contributed by atoms with E-state index in [1.54, 1.807) is 7.11 Å². The van der Waals surface area contributed by atoms with E-state index in [1.165, 1.54) is 5.56 Å². The molecule has 0 heterocycles. The van der Waals surface area contributed by atoms with Crippen LogP contribution in [-0.4, -0.2) is 13.4 Å². The van der Waals surface area contributed by atoms with Crippen LogP contribution >= 0.6 is 9.24 Å². The van der Waals surface area contributed by atoms with Crippen molar-refractivity contribution in [3.63, 3.8) is 0 Å². The fraction of sp³-hybridized carbons (Fsp3) is 0.571. The number of methoxy groups -OCH3 is 1. The molecule has 1 aromatic rings. The molecule has 0 aliphatic heterocycles. The molecule has 0 bridgehead atoms. The van der Waals surface area contributed by atoms with Crippen LogP contribution in [0.3, 0.4) is 0 Å². The third-order valence-corrected chi connectivity index (χ3v) is 3.10. The van der Waals surface area contributed by atoms with Gasteiger partial charge in [-0.1, -0.05) is 32.9 Å². The third kappa shape index (κ3) is 3.97. The zero-order valence-corrected chi connectivity index (χ0v) is 12.6. The number of ether oxygens (including phenoxy) is 2. The Hall–Kier alpha value is -0.590. The van der Waals surface area contributed by atoms with Crippen LogP contribution in [0.2, 0.25) is 0 Å². The van der Waals surface area contributed by atoms with Crippen LogP contribution in [-0.2, 0) is 10.9 Å². The van der Waals surface area contributed by atoms with E-state index in [9.17, 15) is 0 Å². The second-order valence-corrected chi connectivity index (χ2v) is 5.76. The van der Waals surface area contributed by atoms with Crippen molar-refractivity contribution in [1.29, 1.82) is 0 Å². The zero-order valence-electron chi connectivity index (χ0n) is 11.4. The number of benzene rings is 1. The van der Waals surface area contributed by atoms with Gasteiger partial charge in [0.2, 0.25) is 6.29 Å². The van der Waals surface area contributed by atoms with Crippen molar-refractivity contribution < 1.29 is 9.47 Å². The first-order chi connectivity index (χ1) is 7.88. The highest BCUT2D eigenvalue weighted by Crippen LogP contribution is 2.28. The van der Waals surface area contributed by atoms with E-state index in [0.717, 1.165) is 17.5 Å². The molecule has 2 unspecified atom stereocenters. The molecule has 1 rings (SSSR count). The Morgan fingerprint density at radius 3 is 2.35 bits per heavy atom. The normalized spacial score (nSPS) is 13.5. The summed E-state index contributed by atoms with van der Waals surface area (Å²) in [7, 11) is 4.41. The van der Waals surface area contributed by atoms with Gasteiger partial charge >= 0.3 is 0 Å². The molecule has 0 saturated carbocycles. The number of hydrogen-bond acceptors (Lipinski definition) is 2. The van der Waals surface area contributed by atoms with Gasteiger partial charge in [0, 0.05) is 12.5 Å². The lowest BCUT2D eigenvalue weighted by molar-refractivity contribution is -0.120. The van der Waals surface area contributed by atoms with Crippen molar-refractivity contribution in [3.8, 4) is 5.75 Å². The van der Waals surface area contributed by atoms with Crippen molar-refractivity contribution in [1.82, 2.24) is 0 Å². The summed E-state index contributed by atoms with van der Waals surface area (Å²) >= 11 is 0. The Kier molecular flexibility index (Phi) is 4.97. The van der Waals surface area contributed by atoms with Crippen molar-refractivity contribution in [2.45, 2.75) is 40.1 Å². The van der Waals surface area contributed by atoms with Gasteiger partial charge in [-0.25, -0.2) is 0 Å². The van der Waals surface area contributed by atoms with E-state index in [0.29, 0.717) is 0 Å². The van der Waals surface area contributed by atoms with Crippen molar-refractivity contribution in [2.75, 3.05) is 7.11 Å². The number of hydrogen-bond donors (Lipinski definition) is 0. The van der Waals surface area contributed by atoms with E-state index in [-0.39, 0.29) is 11.7 Å². The summed E-state index contributed by atoms with van der Waals surface area (Å²) in [5, 5.41) is 0. The average molecular weight is 254 g/mol. The maximum absolute atomic E-state index is 5.93. The first-order valence-electron chi connectivity index (χ1n) is 5.87. The summed E-state index contributed by atoms with van der Waals surface area (Å²) in [6, 6.07) is 6.26. The van der Waals surface area contributed by atoms with E-state index < -0.39 is 0 Å². The summed E-state index contributed by atoms with van der Waals surface area (Å²) in [6.45, 7) is 8.38. The first-order valence-corrected chi connectivity index (χ1v) is 6.69. The molecule has 0 aromatic heterocycles. The predicted molar refractivity (Wildman–Crippen MR) is 75.5 cm³/mol. The van der Waals surface area contributed by atoms with Crippen LogP contribution < -0.4 is 4.74 Å². The molecule has 0 radical (unpaired) electrons. The minimum absolute atomic E-state index is 0.0412. The molecule has 0 saturated heterocycles. The van der Waals surface area contributed by atoms with Crippen LogP contribution in [0.15, 0.2) is 18.2 Å².